The third-order valence-electron chi connectivity index (χ3n) is 19.6. The molecule has 4 N–H and O–H groups in total. The number of halogens is 9. The molecule has 2 aromatic heterocycles. The molecule has 5 aliphatic rings. The summed E-state index contributed by atoms with van der Waals surface area (Å²) in [5.41, 5.74) is 10.7. The fraction of sp³-hybridized carbons (Fsp3) is 0.364. The van der Waals surface area contributed by atoms with Gasteiger partial charge < -0.3 is 74.6 Å². The van der Waals surface area contributed by atoms with E-state index in [4.69, 9.17) is 98.3 Å². The van der Waals surface area contributed by atoms with Gasteiger partial charge in [0.1, 0.15) is 22.6 Å². The second kappa shape index (κ2) is 57.8. The zero-order valence-corrected chi connectivity index (χ0v) is 81.0. The van der Waals surface area contributed by atoms with Crippen molar-refractivity contribution in [3.8, 4) is 22.5 Å². The van der Waals surface area contributed by atoms with Gasteiger partial charge in [0.05, 0.1) is 40.3 Å². The third kappa shape index (κ3) is 38.1. The Hall–Kier alpha value is -9.79. The molecule has 5 saturated heterocycles. The molecule has 0 radical (unpaired) electrons. The molecule has 714 valence electrons. The number of carbonyl (C=O) groups excluding carboxylic acids is 4. The molecule has 0 aliphatic carbocycles. The van der Waals surface area contributed by atoms with Crippen molar-refractivity contribution < 1.29 is 92.9 Å². The third-order valence-corrected chi connectivity index (χ3v) is 21.3. The number of alkyl halides is 3. The van der Waals surface area contributed by atoms with Crippen LogP contribution in [0.4, 0.5) is 57.1 Å². The number of methoxy groups -OCH3 is 1. The largest absolute Gasteiger partial charge is 1.00 e. The number of carboxylic acid groups (broad SMARTS) is 1. The van der Waals surface area contributed by atoms with Gasteiger partial charge in [0, 0.05) is 196 Å². The molecule has 133 heavy (non-hydrogen) atoms. The van der Waals surface area contributed by atoms with Crippen molar-refractivity contribution in [2.75, 3.05) is 167 Å². The van der Waals surface area contributed by atoms with Gasteiger partial charge in [-0.25, -0.2) is 39.1 Å². The average Bonchev–Trinajstić information content (AvgIpc) is 0.776. The Bertz CT molecular complexity index is 5410. The van der Waals surface area contributed by atoms with Crippen LogP contribution in [0.3, 0.4) is 0 Å². The maximum absolute atomic E-state index is 12.0. The topological polar surface area (TPSA) is 265 Å². The number of ether oxygens (including phenoxy) is 3. The van der Waals surface area contributed by atoms with Gasteiger partial charge in [0.25, 0.3) is 0 Å². The minimum absolute atomic E-state index is 0. The van der Waals surface area contributed by atoms with E-state index in [0.29, 0.717) is 42.1 Å². The first kappa shape index (κ1) is 116. The van der Waals surface area contributed by atoms with Crippen molar-refractivity contribution in [3.63, 3.8) is 0 Å². The molecule has 0 unspecified atom stereocenters. The zero-order chi connectivity index (χ0) is 92.5. The number of rotatable bonds is 10. The minimum Gasteiger partial charge on any atom is -0.870 e. The van der Waals surface area contributed by atoms with Crippen molar-refractivity contribution in [1.29, 1.82) is 0 Å². The Morgan fingerprint density at radius 2 is 0.722 bits per heavy atom. The summed E-state index contributed by atoms with van der Waals surface area (Å²) in [6, 6.07) is 69.4. The molecule has 9 aromatic carbocycles. The van der Waals surface area contributed by atoms with Gasteiger partial charge in [0.2, 0.25) is 6.29 Å². The van der Waals surface area contributed by atoms with Crippen LogP contribution in [0.5, 0.6) is 0 Å². The monoisotopic (exact) mass is 2000 g/mol. The van der Waals surface area contributed by atoms with Crippen molar-refractivity contribution in [2.24, 2.45) is 0 Å². The number of amides is 2. The summed E-state index contributed by atoms with van der Waals surface area (Å²) >= 11 is 33.2. The van der Waals surface area contributed by atoms with E-state index in [0.717, 1.165) is 204 Å². The van der Waals surface area contributed by atoms with Crippen molar-refractivity contribution in [3.05, 3.63) is 259 Å². The molecule has 0 saturated carbocycles. The summed E-state index contributed by atoms with van der Waals surface area (Å²) in [6.07, 6.45) is -6.13. The molecular formula is C99H124BrCl5F3N14NaO10. The van der Waals surface area contributed by atoms with Crippen LogP contribution in [0.1, 0.15) is 107 Å². The van der Waals surface area contributed by atoms with Gasteiger partial charge in [-0.1, -0.05) is 208 Å². The second-order valence-electron chi connectivity index (χ2n) is 31.1. The van der Waals surface area contributed by atoms with Crippen LogP contribution in [0.25, 0.3) is 44.6 Å². The summed E-state index contributed by atoms with van der Waals surface area (Å²) in [5.74, 6) is 0.235. The smallest absolute Gasteiger partial charge is 0.870 e. The van der Waals surface area contributed by atoms with Crippen LogP contribution < -0.4 is 69.6 Å². The number of benzene rings is 9. The number of esters is 1. The number of carbonyl (C=O) groups is 5. The molecule has 11 aromatic rings. The molecule has 16 rings (SSSR count). The number of nitrogens with zero attached hydrogens (tertiary/aromatic N) is 12. The number of aldehydes is 1. The van der Waals surface area contributed by atoms with Gasteiger partial charge in [-0.05, 0) is 169 Å². The van der Waals surface area contributed by atoms with Crippen LogP contribution >= 0.6 is 73.9 Å². The van der Waals surface area contributed by atoms with Gasteiger partial charge in [0.15, 0.2) is 11.6 Å². The molecule has 5 fully saturated rings. The number of hydrogen-bond donors (Lipinski definition) is 3. The molecule has 2 amide bonds. The van der Waals surface area contributed by atoms with E-state index in [2.05, 4.69) is 74.2 Å². The number of nitrogens with one attached hydrogen (secondary N) is 2. The standard InChI is InChI=1S/C26H23ClN4O2.C25H21ClN4O2.C15H21ClN2O2.C10H13ClN2.C9H18N2O2.C6H4BrCl.C2HF3O.C2H6.4CH4.Na.H2O/c1-33-26(32)19-10-11-22-23(16-19)29-25(24(28-22)18-6-3-2-4-7-18)31-14-12-30(13-15-31)21-9-5-8-20(27)17-21;26-19-7-4-8-20(16-19)29-11-13-30(14-12-29)24-23(17-5-2-1-3-6-17)27-21-10-9-18(25(31)32)15-22(21)28-24;1-15(2,3)20-14(19)18-9-7-17(8-10-18)13-6-4-5-12(16)11-13;11-9-2-1-3-10(8-9)13-6-4-12-5-7-13;1-9(2,3)13-8(12)11-6-4-10-5-7-11;7-5-2-1-3-6(8)4-5;3-2(4,5)1-6;1-2;;;;;;/h2-11,16-17H,12-15H2,1H3;1-10,15-16H,11-14H2,(H,31,32);4-6,11H,7-10H2,1-3H3;1-3,8,12H,4-7H2;10H,4-7H2,1-3H3;1-4H;1H;1-2H3;4*1H4;;1H2/q;;;;;;;;;;;;+1;/p-1/i;;;;;;;1D;;;;;;. The van der Waals surface area contributed by atoms with E-state index < -0.39 is 24.0 Å². The summed E-state index contributed by atoms with van der Waals surface area (Å²) in [5, 5.41) is 19.7. The predicted molar refractivity (Wildman–Crippen MR) is 540 cm³/mol. The van der Waals surface area contributed by atoms with E-state index in [1.54, 1.807) is 47.1 Å². The predicted octanol–water partition coefficient (Wildman–Crippen LogP) is 20.3. The maximum atomic E-state index is 12.0. The summed E-state index contributed by atoms with van der Waals surface area (Å²) in [4.78, 5) is 92.5. The number of aromatic nitrogens is 4. The van der Waals surface area contributed by atoms with Crippen LogP contribution in [0.2, 0.25) is 25.1 Å². The minimum atomic E-state index is -4.64. The van der Waals surface area contributed by atoms with E-state index in [1.807, 2.05) is 211 Å². The van der Waals surface area contributed by atoms with Gasteiger partial charge in [-0.3, -0.25) is 4.79 Å². The Morgan fingerprint density at radius 3 is 1.03 bits per heavy atom. The molecular weight excluding hydrogens is 1880 g/mol. The van der Waals surface area contributed by atoms with E-state index in [-0.39, 0.29) is 94.1 Å². The number of carboxylic acids is 1. The number of fused-ring (bicyclic) bond motifs is 2. The number of piperazine rings is 5. The molecule has 7 heterocycles. The first-order valence-corrected chi connectivity index (χ1v) is 44.0. The molecule has 0 spiro atoms. The Labute approximate surface area is 838 Å². The van der Waals surface area contributed by atoms with Gasteiger partial charge in [-0.2, -0.15) is 13.2 Å². The fourth-order valence-electron chi connectivity index (χ4n) is 13.6. The van der Waals surface area contributed by atoms with Crippen LogP contribution in [0.15, 0.2) is 223 Å². The molecule has 0 atom stereocenters. The van der Waals surface area contributed by atoms with Crippen LogP contribution in [0, 0.1) is 0 Å². The van der Waals surface area contributed by atoms with Crippen molar-refractivity contribution >= 4 is 161 Å². The quantitative estimate of drug-likeness (QED) is 0.0497. The SMILES string of the molecule is C.C.C.C.CC(C)(C)OC(=O)N1CCN(c2cccc(Cl)c2)CC1.CC(C)(C)OC(=O)N1CCNCC1.COC(=O)c1ccc2nc(-c3ccccc3)c(N3CCN(c4cccc(Cl)c4)CC3)nc2c1.Clc1cccc(Br)c1.Clc1cccc(N2CCNCC2)c1.O=C(O)c1ccc2nc(-c3ccccc3)c(N3CCN(c4cccc(Cl)c4)CC3)nc2c1.O=CC(F)(F)F.[2H]CC.[Na+].[OH-]. The Morgan fingerprint density at radius 1 is 0.421 bits per heavy atom. The van der Waals surface area contributed by atoms with E-state index >= 15 is 0 Å². The summed E-state index contributed by atoms with van der Waals surface area (Å²) in [6.45, 7) is 30.4. The average molecular weight is 2010 g/mol. The second-order valence-corrected chi connectivity index (χ2v) is 34.2. The first-order chi connectivity index (χ1) is 61.2. The fourth-order valence-corrected chi connectivity index (χ4v) is 15.0. The molecule has 0 bridgehead atoms. The molecule has 5 aliphatic heterocycles. The summed E-state index contributed by atoms with van der Waals surface area (Å²) in [7, 11) is 1.38. The van der Waals surface area contributed by atoms with Crippen LogP contribution in [-0.2, 0) is 19.0 Å². The van der Waals surface area contributed by atoms with Gasteiger partial charge >= 0.3 is 59.9 Å². The van der Waals surface area contributed by atoms with Crippen molar-refractivity contribution in [1.82, 2.24) is 40.4 Å². The molecule has 34 heteroatoms. The Balaban J connectivity index is 0.000000423. The normalized spacial score (nSPS) is 14.0. The Kier molecular flexibility index (Phi) is 50.2. The van der Waals surface area contributed by atoms with E-state index in [9.17, 15) is 37.5 Å². The number of anilines is 6. The maximum Gasteiger partial charge on any atom is 1.00 e. The van der Waals surface area contributed by atoms with Crippen molar-refractivity contribution in [2.45, 2.75) is 102 Å². The number of hydrogen-bond acceptors (Lipinski definition) is 21. The van der Waals surface area contributed by atoms with Gasteiger partial charge in [-0.15, -0.1) is 0 Å². The van der Waals surface area contributed by atoms with E-state index in [1.165, 1.54) is 12.8 Å². The summed E-state index contributed by atoms with van der Waals surface area (Å²) < 4.78 is 54.0. The number of aromatic carboxylic acids is 1. The first-order valence-electron chi connectivity index (χ1n) is 42.1. The zero-order valence-electron chi connectivity index (χ0n) is 74.6. The molecule has 24 nitrogen and oxygen atoms in total. The van der Waals surface area contributed by atoms with Crippen LogP contribution in [-0.4, -0.2) is 226 Å².